The van der Waals surface area contributed by atoms with Gasteiger partial charge in [0, 0.05) is 0 Å². The lowest BCUT2D eigenvalue weighted by Gasteiger charge is -2.49. The van der Waals surface area contributed by atoms with Crippen LogP contribution in [0, 0.1) is 28.6 Å². The van der Waals surface area contributed by atoms with Crippen molar-refractivity contribution in [1.29, 1.82) is 0 Å². The molecule has 2 saturated carbocycles. The Kier molecular flexibility index (Phi) is 3.40. The predicted molar refractivity (Wildman–Crippen MR) is 72.3 cm³/mol. The van der Waals surface area contributed by atoms with Crippen LogP contribution in [-0.4, -0.2) is 17.0 Å². The van der Waals surface area contributed by atoms with Crippen molar-refractivity contribution in [3.63, 3.8) is 0 Å². The summed E-state index contributed by atoms with van der Waals surface area (Å²) in [4.78, 5) is 24.0. The van der Waals surface area contributed by atoms with Crippen LogP contribution in [0.1, 0.15) is 52.9 Å². The van der Waals surface area contributed by atoms with Gasteiger partial charge in [-0.2, -0.15) is 0 Å². The summed E-state index contributed by atoms with van der Waals surface area (Å²) in [6.45, 7) is 6.26. The molecule has 19 heavy (non-hydrogen) atoms. The fourth-order valence-electron chi connectivity index (χ4n) is 4.46. The van der Waals surface area contributed by atoms with E-state index in [0.29, 0.717) is 25.2 Å². The van der Waals surface area contributed by atoms with Crippen LogP contribution in [0.4, 0.5) is 0 Å². The van der Waals surface area contributed by atoms with E-state index in [4.69, 9.17) is 5.73 Å². The maximum Gasteiger partial charge on any atom is 0.310 e. The summed E-state index contributed by atoms with van der Waals surface area (Å²) in [5, 5.41) is 9.65. The van der Waals surface area contributed by atoms with Crippen molar-refractivity contribution >= 4 is 11.9 Å². The zero-order chi connectivity index (χ0) is 14.4. The summed E-state index contributed by atoms with van der Waals surface area (Å²) in [6.07, 6.45) is 3.81. The van der Waals surface area contributed by atoms with Gasteiger partial charge in [0.15, 0.2) is 0 Å². The molecule has 2 fully saturated rings. The van der Waals surface area contributed by atoms with Gasteiger partial charge in [-0.05, 0) is 43.4 Å². The van der Waals surface area contributed by atoms with Crippen LogP contribution in [0.2, 0.25) is 0 Å². The van der Waals surface area contributed by atoms with Crippen molar-refractivity contribution in [3.8, 4) is 0 Å². The molecule has 0 aromatic rings. The summed E-state index contributed by atoms with van der Waals surface area (Å²) >= 11 is 0. The smallest absolute Gasteiger partial charge is 0.310 e. The average molecular weight is 267 g/mol. The fraction of sp³-hybridized carbons (Fsp3) is 0.867. The van der Waals surface area contributed by atoms with E-state index in [1.807, 2.05) is 0 Å². The number of primary amides is 1. The normalized spacial score (nSPS) is 37.1. The number of carbonyl (C=O) groups is 2. The first-order valence-corrected chi connectivity index (χ1v) is 7.31. The molecular formula is C15H25NO3. The number of carboxylic acids is 1. The Morgan fingerprint density at radius 1 is 1.26 bits per heavy atom. The van der Waals surface area contributed by atoms with Crippen LogP contribution in [0.15, 0.2) is 0 Å². The maximum atomic E-state index is 12.3. The summed E-state index contributed by atoms with van der Waals surface area (Å²) in [5.74, 6) is -0.459. The summed E-state index contributed by atoms with van der Waals surface area (Å²) in [7, 11) is 0. The molecule has 4 heteroatoms. The summed E-state index contributed by atoms with van der Waals surface area (Å²) < 4.78 is 0. The van der Waals surface area contributed by atoms with Crippen LogP contribution in [-0.2, 0) is 9.59 Å². The molecule has 2 rings (SSSR count). The van der Waals surface area contributed by atoms with Gasteiger partial charge in [-0.1, -0.05) is 27.2 Å². The zero-order valence-electron chi connectivity index (χ0n) is 12.1. The molecule has 2 aliphatic carbocycles. The lowest BCUT2D eigenvalue weighted by atomic mass is 9.52. The zero-order valence-corrected chi connectivity index (χ0v) is 12.1. The molecule has 108 valence electrons. The van der Waals surface area contributed by atoms with E-state index in [-0.39, 0.29) is 11.8 Å². The molecule has 0 radical (unpaired) electrons. The molecule has 2 aliphatic rings. The summed E-state index contributed by atoms with van der Waals surface area (Å²) in [6, 6.07) is 0. The molecule has 4 nitrogen and oxygen atoms in total. The molecule has 0 unspecified atom stereocenters. The third kappa shape index (κ3) is 1.87. The van der Waals surface area contributed by atoms with Gasteiger partial charge in [-0.25, -0.2) is 0 Å². The van der Waals surface area contributed by atoms with Crippen LogP contribution < -0.4 is 5.73 Å². The molecule has 1 amide bonds. The van der Waals surface area contributed by atoms with Gasteiger partial charge in [0.2, 0.25) is 5.91 Å². The number of nitrogens with two attached hydrogens (primary N) is 1. The third-order valence-corrected chi connectivity index (χ3v) is 5.53. The number of carboxylic acid groups (broad SMARTS) is 1. The molecule has 0 aliphatic heterocycles. The molecule has 0 aromatic carbocycles. The Hall–Kier alpha value is -1.06. The monoisotopic (exact) mass is 267 g/mol. The van der Waals surface area contributed by atoms with E-state index in [1.54, 1.807) is 0 Å². The first-order chi connectivity index (χ1) is 8.78. The van der Waals surface area contributed by atoms with Crippen LogP contribution in [0.25, 0.3) is 0 Å². The van der Waals surface area contributed by atoms with Crippen molar-refractivity contribution in [2.75, 3.05) is 0 Å². The number of aliphatic carboxylic acids is 1. The Morgan fingerprint density at radius 3 is 2.21 bits per heavy atom. The highest BCUT2D eigenvalue weighted by molar-refractivity contribution is 5.92. The fourth-order valence-corrected chi connectivity index (χ4v) is 4.46. The predicted octanol–water partition coefficient (Wildman–Crippen LogP) is 2.42. The molecule has 3 atom stereocenters. The van der Waals surface area contributed by atoms with E-state index in [1.165, 1.54) is 0 Å². The Balaban J connectivity index is 2.51. The Bertz CT molecular complexity index is 400. The van der Waals surface area contributed by atoms with E-state index < -0.39 is 22.7 Å². The molecule has 3 N–H and O–H groups in total. The molecule has 0 bridgehead atoms. The van der Waals surface area contributed by atoms with Crippen molar-refractivity contribution < 1.29 is 14.7 Å². The second kappa shape index (κ2) is 4.50. The van der Waals surface area contributed by atoms with Crippen LogP contribution in [0.5, 0.6) is 0 Å². The number of carbonyl (C=O) groups excluding carboxylic acids is 1. The van der Waals surface area contributed by atoms with Gasteiger partial charge in [-0.3, -0.25) is 9.59 Å². The standard InChI is InChI=1S/C15H25NO3/c1-9(2)11-5-4-10(3)8-15(11,12(16)17)14(6-7-14)13(18)19/h9-11H,4-8H2,1-3H3,(H2,16,17)(H,18,19)/t10-,11-,15+/m1/s1. The van der Waals surface area contributed by atoms with E-state index in [9.17, 15) is 14.7 Å². The molecule has 0 aromatic heterocycles. The quantitative estimate of drug-likeness (QED) is 0.820. The SMILES string of the molecule is CC(C)[C@H]1CC[C@@H](C)C[C@]1(C(N)=O)C1(C(=O)O)CC1. The van der Waals surface area contributed by atoms with Crippen molar-refractivity contribution in [3.05, 3.63) is 0 Å². The highest BCUT2D eigenvalue weighted by Crippen LogP contribution is 2.67. The third-order valence-electron chi connectivity index (χ3n) is 5.53. The van der Waals surface area contributed by atoms with Gasteiger partial charge in [0.1, 0.15) is 0 Å². The number of hydrogen-bond donors (Lipinski definition) is 2. The topological polar surface area (TPSA) is 80.4 Å². The van der Waals surface area contributed by atoms with Crippen LogP contribution in [0.3, 0.4) is 0 Å². The first kappa shape index (κ1) is 14.4. The van der Waals surface area contributed by atoms with Crippen molar-refractivity contribution in [1.82, 2.24) is 0 Å². The molecule has 0 spiro atoms. The van der Waals surface area contributed by atoms with Gasteiger partial charge in [-0.15, -0.1) is 0 Å². The minimum atomic E-state index is -0.886. The second-order valence-corrected chi connectivity index (χ2v) is 6.96. The van der Waals surface area contributed by atoms with Gasteiger partial charge >= 0.3 is 5.97 Å². The average Bonchev–Trinajstić information content (AvgIpc) is 3.08. The number of amides is 1. The number of rotatable bonds is 4. The van der Waals surface area contributed by atoms with Crippen LogP contribution >= 0.6 is 0 Å². The van der Waals surface area contributed by atoms with Gasteiger partial charge < -0.3 is 10.8 Å². The molecule has 0 heterocycles. The molecule has 0 saturated heterocycles. The lowest BCUT2D eigenvalue weighted by Crippen LogP contribution is -2.56. The minimum Gasteiger partial charge on any atom is -0.481 e. The van der Waals surface area contributed by atoms with Gasteiger partial charge in [0.05, 0.1) is 10.8 Å². The second-order valence-electron chi connectivity index (χ2n) is 6.96. The Morgan fingerprint density at radius 2 is 1.84 bits per heavy atom. The van der Waals surface area contributed by atoms with Crippen molar-refractivity contribution in [2.24, 2.45) is 34.3 Å². The van der Waals surface area contributed by atoms with E-state index >= 15 is 0 Å². The lowest BCUT2D eigenvalue weighted by molar-refractivity contribution is -0.165. The highest BCUT2D eigenvalue weighted by atomic mass is 16.4. The Labute approximate surface area is 114 Å². The van der Waals surface area contributed by atoms with E-state index in [0.717, 1.165) is 12.8 Å². The highest BCUT2D eigenvalue weighted by Gasteiger charge is 2.70. The molecular weight excluding hydrogens is 242 g/mol. The van der Waals surface area contributed by atoms with Gasteiger partial charge in [0.25, 0.3) is 0 Å². The summed E-state index contributed by atoms with van der Waals surface area (Å²) in [5.41, 5.74) is 4.03. The first-order valence-electron chi connectivity index (χ1n) is 7.31. The largest absolute Gasteiger partial charge is 0.481 e. The maximum absolute atomic E-state index is 12.3. The van der Waals surface area contributed by atoms with Crippen molar-refractivity contribution in [2.45, 2.75) is 52.9 Å². The number of hydrogen-bond acceptors (Lipinski definition) is 2. The minimum absolute atomic E-state index is 0.0970. The van der Waals surface area contributed by atoms with E-state index in [2.05, 4.69) is 20.8 Å².